The van der Waals surface area contributed by atoms with Gasteiger partial charge >= 0.3 is 0 Å². The average molecular weight is 253 g/mol. The molecule has 0 saturated heterocycles. The Balaban J connectivity index is 2.05. The maximum Gasteiger partial charge on any atom is 0.0514 e. The van der Waals surface area contributed by atoms with Crippen molar-refractivity contribution in [3.63, 3.8) is 0 Å². The Bertz CT molecular complexity index is 494. The van der Waals surface area contributed by atoms with E-state index in [-0.39, 0.29) is 0 Å². The first-order valence-electron chi connectivity index (χ1n) is 4.98. The van der Waals surface area contributed by atoms with Gasteiger partial charge in [-0.1, -0.05) is 17.7 Å². The van der Waals surface area contributed by atoms with Gasteiger partial charge in [0.2, 0.25) is 0 Å². The number of nitrogens with one attached hydrogen (secondary N) is 1. The number of hydrogen-bond donors (Lipinski definition) is 2. The highest BCUT2D eigenvalue weighted by molar-refractivity contribution is 7.10. The summed E-state index contributed by atoms with van der Waals surface area (Å²) in [5.74, 6) is 0. The molecule has 2 rings (SSSR count). The van der Waals surface area contributed by atoms with Gasteiger partial charge in [0.1, 0.15) is 0 Å². The largest absolute Gasteiger partial charge is 0.398 e. The van der Waals surface area contributed by atoms with Crippen LogP contribution in [0.2, 0.25) is 5.02 Å². The van der Waals surface area contributed by atoms with Gasteiger partial charge in [-0.2, -0.15) is 0 Å². The van der Waals surface area contributed by atoms with Gasteiger partial charge in [0.15, 0.2) is 0 Å². The van der Waals surface area contributed by atoms with Crippen molar-refractivity contribution in [3.05, 3.63) is 45.1 Å². The number of benzene rings is 1. The number of aryl methyl sites for hydroxylation is 1. The molecule has 16 heavy (non-hydrogen) atoms. The Labute approximate surface area is 104 Å². The highest BCUT2D eigenvalue weighted by Gasteiger charge is 2.01. The summed E-state index contributed by atoms with van der Waals surface area (Å²) in [6.07, 6.45) is 0. The molecular formula is C12H13ClN2S. The summed E-state index contributed by atoms with van der Waals surface area (Å²) in [7, 11) is 0. The van der Waals surface area contributed by atoms with E-state index in [4.69, 9.17) is 17.3 Å². The highest BCUT2D eigenvalue weighted by Crippen LogP contribution is 2.23. The standard InChI is InChI=1S/C12H13ClN2S/c1-8-2-3-9(6-10(8)13)15-7-12-11(14)4-5-16-12/h2-6,15H,7,14H2,1H3. The Kier molecular flexibility index (Phi) is 3.36. The zero-order chi connectivity index (χ0) is 11.5. The molecule has 0 saturated carbocycles. The van der Waals surface area contributed by atoms with Crippen LogP contribution in [-0.4, -0.2) is 0 Å². The SMILES string of the molecule is Cc1ccc(NCc2sccc2N)cc1Cl. The molecule has 0 bridgehead atoms. The molecule has 0 unspecified atom stereocenters. The molecule has 0 aliphatic carbocycles. The van der Waals surface area contributed by atoms with Crippen LogP contribution in [0.25, 0.3) is 0 Å². The van der Waals surface area contributed by atoms with Crippen LogP contribution in [0.15, 0.2) is 29.6 Å². The lowest BCUT2D eigenvalue weighted by Gasteiger charge is -2.07. The third-order valence-corrected chi connectivity index (χ3v) is 3.75. The molecule has 1 aromatic heterocycles. The predicted molar refractivity (Wildman–Crippen MR) is 72.2 cm³/mol. The van der Waals surface area contributed by atoms with Gasteiger partial charge < -0.3 is 11.1 Å². The van der Waals surface area contributed by atoms with E-state index in [0.717, 1.165) is 33.4 Å². The molecule has 0 fully saturated rings. The second kappa shape index (κ2) is 4.76. The number of rotatable bonds is 3. The molecule has 2 aromatic rings. The van der Waals surface area contributed by atoms with Crippen molar-refractivity contribution in [3.8, 4) is 0 Å². The van der Waals surface area contributed by atoms with Crippen LogP contribution in [0, 0.1) is 6.92 Å². The lowest BCUT2D eigenvalue weighted by Crippen LogP contribution is -1.99. The van der Waals surface area contributed by atoms with Crippen molar-refractivity contribution < 1.29 is 0 Å². The van der Waals surface area contributed by atoms with Crippen LogP contribution in [-0.2, 0) is 6.54 Å². The molecule has 3 N–H and O–H groups in total. The fourth-order valence-electron chi connectivity index (χ4n) is 1.38. The molecule has 0 aliphatic heterocycles. The molecule has 0 spiro atoms. The third kappa shape index (κ3) is 2.49. The van der Waals surface area contributed by atoms with E-state index in [0.29, 0.717) is 0 Å². The highest BCUT2D eigenvalue weighted by atomic mass is 35.5. The molecule has 4 heteroatoms. The van der Waals surface area contributed by atoms with Crippen LogP contribution < -0.4 is 11.1 Å². The summed E-state index contributed by atoms with van der Waals surface area (Å²) in [4.78, 5) is 1.15. The van der Waals surface area contributed by atoms with Gasteiger partial charge in [0.25, 0.3) is 0 Å². The number of anilines is 2. The first-order chi connectivity index (χ1) is 7.66. The third-order valence-electron chi connectivity index (χ3n) is 2.40. The Morgan fingerprint density at radius 3 is 2.81 bits per heavy atom. The van der Waals surface area contributed by atoms with E-state index < -0.39 is 0 Å². The number of thiophene rings is 1. The van der Waals surface area contributed by atoms with E-state index in [1.807, 2.05) is 36.6 Å². The van der Waals surface area contributed by atoms with Crippen molar-refractivity contribution in [2.75, 3.05) is 11.1 Å². The summed E-state index contributed by atoms with van der Waals surface area (Å²) in [6.45, 7) is 2.73. The smallest absolute Gasteiger partial charge is 0.0514 e. The van der Waals surface area contributed by atoms with Crippen LogP contribution in [0.4, 0.5) is 11.4 Å². The van der Waals surface area contributed by atoms with Crippen molar-refractivity contribution in [1.82, 2.24) is 0 Å². The molecule has 0 atom stereocenters. The lowest BCUT2D eigenvalue weighted by atomic mass is 10.2. The van der Waals surface area contributed by atoms with Gasteiger partial charge in [-0.15, -0.1) is 11.3 Å². The van der Waals surface area contributed by atoms with Crippen molar-refractivity contribution >= 4 is 34.3 Å². The Morgan fingerprint density at radius 2 is 2.19 bits per heavy atom. The summed E-state index contributed by atoms with van der Waals surface area (Å²) < 4.78 is 0. The zero-order valence-corrected chi connectivity index (χ0v) is 10.5. The first-order valence-corrected chi connectivity index (χ1v) is 6.24. The van der Waals surface area contributed by atoms with Crippen LogP contribution in [0.1, 0.15) is 10.4 Å². The van der Waals surface area contributed by atoms with Crippen molar-refractivity contribution in [2.45, 2.75) is 13.5 Å². The monoisotopic (exact) mass is 252 g/mol. The molecular weight excluding hydrogens is 240 g/mol. The number of nitrogens with two attached hydrogens (primary N) is 1. The first kappa shape index (κ1) is 11.3. The maximum absolute atomic E-state index is 6.04. The van der Waals surface area contributed by atoms with Crippen LogP contribution >= 0.6 is 22.9 Å². The maximum atomic E-state index is 6.04. The summed E-state index contributed by atoms with van der Waals surface area (Å²) in [5.41, 5.74) is 8.75. The molecule has 0 amide bonds. The molecule has 84 valence electrons. The second-order valence-electron chi connectivity index (χ2n) is 3.62. The van der Waals surface area contributed by atoms with E-state index >= 15 is 0 Å². The Morgan fingerprint density at radius 1 is 1.38 bits per heavy atom. The summed E-state index contributed by atoms with van der Waals surface area (Å²) in [6, 6.07) is 7.87. The minimum Gasteiger partial charge on any atom is -0.398 e. The molecule has 2 nitrogen and oxygen atoms in total. The minimum absolute atomic E-state index is 0.739. The quantitative estimate of drug-likeness (QED) is 0.869. The Hall–Kier alpha value is -1.19. The van der Waals surface area contributed by atoms with E-state index in [2.05, 4.69) is 5.32 Å². The zero-order valence-electron chi connectivity index (χ0n) is 8.96. The topological polar surface area (TPSA) is 38.0 Å². The fraction of sp³-hybridized carbons (Fsp3) is 0.167. The number of hydrogen-bond acceptors (Lipinski definition) is 3. The van der Waals surface area contributed by atoms with Crippen molar-refractivity contribution in [2.24, 2.45) is 0 Å². The van der Waals surface area contributed by atoms with E-state index in [9.17, 15) is 0 Å². The van der Waals surface area contributed by atoms with Gasteiger partial charge in [-0.3, -0.25) is 0 Å². The van der Waals surface area contributed by atoms with Gasteiger partial charge in [0.05, 0.1) is 6.54 Å². The van der Waals surface area contributed by atoms with Gasteiger partial charge in [-0.25, -0.2) is 0 Å². The lowest BCUT2D eigenvalue weighted by molar-refractivity contribution is 1.19. The summed E-state index contributed by atoms with van der Waals surface area (Å²) >= 11 is 7.70. The molecule has 0 radical (unpaired) electrons. The minimum atomic E-state index is 0.739. The van der Waals surface area contributed by atoms with Crippen LogP contribution in [0.3, 0.4) is 0 Å². The summed E-state index contributed by atoms with van der Waals surface area (Å²) in [5, 5.41) is 6.08. The second-order valence-corrected chi connectivity index (χ2v) is 5.02. The molecule has 1 heterocycles. The number of nitrogen functional groups attached to an aromatic ring is 1. The van der Waals surface area contributed by atoms with Gasteiger partial charge in [0, 0.05) is 21.3 Å². The fourth-order valence-corrected chi connectivity index (χ4v) is 2.30. The van der Waals surface area contributed by atoms with Crippen molar-refractivity contribution in [1.29, 1.82) is 0 Å². The predicted octanol–water partition coefficient (Wildman–Crippen LogP) is 3.90. The van der Waals surface area contributed by atoms with E-state index in [1.54, 1.807) is 11.3 Å². The number of halogens is 1. The van der Waals surface area contributed by atoms with E-state index in [1.165, 1.54) is 0 Å². The molecule has 0 aliphatic rings. The average Bonchev–Trinajstić information content (AvgIpc) is 2.66. The molecule has 1 aromatic carbocycles. The van der Waals surface area contributed by atoms with Crippen LogP contribution in [0.5, 0.6) is 0 Å². The normalized spacial score (nSPS) is 10.4. The van der Waals surface area contributed by atoms with Gasteiger partial charge in [-0.05, 0) is 36.1 Å².